The number of carbonyl (C=O) groups is 2. The van der Waals surface area contributed by atoms with Crippen molar-refractivity contribution in [1.29, 1.82) is 0 Å². The molecule has 1 aromatic rings. The predicted octanol–water partition coefficient (Wildman–Crippen LogP) is 2.36. The highest BCUT2D eigenvalue weighted by Crippen LogP contribution is 2.30. The molecule has 0 bridgehead atoms. The predicted molar refractivity (Wildman–Crippen MR) is 65.6 cm³/mol. The quantitative estimate of drug-likeness (QED) is 0.450. The highest BCUT2D eigenvalue weighted by atomic mass is 19.1. The molecule has 0 spiro atoms. The third kappa shape index (κ3) is 3.53. The molecule has 0 atom stereocenters. The van der Waals surface area contributed by atoms with Gasteiger partial charge in [0.05, 0.1) is 13.2 Å². The number of esters is 1. The Kier molecular flexibility index (Phi) is 4.14. The van der Waals surface area contributed by atoms with Crippen LogP contribution in [0.4, 0.5) is 4.39 Å². The Morgan fingerprint density at radius 1 is 1.37 bits per heavy atom. The summed E-state index contributed by atoms with van der Waals surface area (Å²) in [5.41, 5.74) is -0.0327. The van der Waals surface area contributed by atoms with E-state index >= 15 is 0 Å². The molecule has 1 aliphatic rings. The summed E-state index contributed by atoms with van der Waals surface area (Å²) in [6.07, 6.45) is 2.22. The Bertz CT molecular complexity index is 494. The van der Waals surface area contributed by atoms with Gasteiger partial charge >= 0.3 is 5.97 Å². The maximum Gasteiger partial charge on any atom is 0.379 e. The normalized spacial score (nSPS) is 14.0. The van der Waals surface area contributed by atoms with E-state index in [1.54, 1.807) is 6.92 Å². The topological polar surface area (TPSA) is 52.6 Å². The molecule has 0 heterocycles. The zero-order valence-electron chi connectivity index (χ0n) is 10.6. The van der Waals surface area contributed by atoms with E-state index in [0.29, 0.717) is 12.5 Å². The van der Waals surface area contributed by atoms with Gasteiger partial charge in [0.1, 0.15) is 0 Å². The second kappa shape index (κ2) is 5.82. The second-order valence-corrected chi connectivity index (χ2v) is 4.45. The fraction of sp³-hybridized carbons (Fsp3) is 0.429. The van der Waals surface area contributed by atoms with E-state index in [2.05, 4.69) is 4.74 Å². The van der Waals surface area contributed by atoms with Crippen LogP contribution in [0.5, 0.6) is 5.75 Å². The molecule has 0 radical (unpaired) electrons. The standard InChI is InChI=1S/C14H15FO4/c1-2-18-14(17)13(16)10-5-6-12(11(15)7-10)19-8-9-3-4-9/h5-7,9H,2-4,8H2,1H3. The van der Waals surface area contributed by atoms with E-state index in [1.807, 2.05) is 0 Å². The minimum absolute atomic E-state index is 0.0327. The summed E-state index contributed by atoms with van der Waals surface area (Å²) in [5, 5.41) is 0. The van der Waals surface area contributed by atoms with Gasteiger partial charge in [0.15, 0.2) is 11.6 Å². The van der Waals surface area contributed by atoms with Gasteiger partial charge in [-0.1, -0.05) is 0 Å². The minimum atomic E-state index is -0.978. The molecule has 1 saturated carbocycles. The molecule has 1 aliphatic carbocycles. The van der Waals surface area contributed by atoms with Gasteiger partial charge in [-0.2, -0.15) is 0 Å². The first-order valence-corrected chi connectivity index (χ1v) is 6.25. The summed E-state index contributed by atoms with van der Waals surface area (Å²) in [6.45, 7) is 2.19. The van der Waals surface area contributed by atoms with Crippen molar-refractivity contribution in [1.82, 2.24) is 0 Å². The molecule has 0 unspecified atom stereocenters. The molecule has 0 saturated heterocycles. The molecule has 2 rings (SSSR count). The van der Waals surface area contributed by atoms with Gasteiger partial charge in [0, 0.05) is 5.56 Å². The Morgan fingerprint density at radius 2 is 2.11 bits per heavy atom. The summed E-state index contributed by atoms with van der Waals surface area (Å²) < 4.78 is 23.6. The number of benzene rings is 1. The highest BCUT2D eigenvalue weighted by molar-refractivity contribution is 6.40. The highest BCUT2D eigenvalue weighted by Gasteiger charge is 2.23. The fourth-order valence-electron chi connectivity index (χ4n) is 1.57. The lowest BCUT2D eigenvalue weighted by atomic mass is 10.1. The number of carbonyl (C=O) groups excluding carboxylic acids is 2. The summed E-state index contributed by atoms with van der Waals surface area (Å²) in [4.78, 5) is 22.8. The van der Waals surface area contributed by atoms with Crippen LogP contribution in [0.15, 0.2) is 18.2 Å². The molecule has 0 N–H and O–H groups in total. The number of ketones is 1. The van der Waals surface area contributed by atoms with Crippen molar-refractivity contribution in [2.45, 2.75) is 19.8 Å². The number of rotatable bonds is 6. The first-order chi connectivity index (χ1) is 9.11. The number of ether oxygens (including phenoxy) is 2. The van der Waals surface area contributed by atoms with Crippen molar-refractivity contribution < 1.29 is 23.5 Å². The third-order valence-electron chi connectivity index (χ3n) is 2.83. The smallest absolute Gasteiger partial charge is 0.379 e. The van der Waals surface area contributed by atoms with E-state index in [1.165, 1.54) is 12.1 Å². The summed E-state index contributed by atoms with van der Waals surface area (Å²) in [6, 6.07) is 3.73. The summed E-state index contributed by atoms with van der Waals surface area (Å²) in [7, 11) is 0. The van der Waals surface area contributed by atoms with E-state index in [-0.39, 0.29) is 17.9 Å². The lowest BCUT2D eigenvalue weighted by molar-refractivity contribution is -0.137. The third-order valence-corrected chi connectivity index (χ3v) is 2.83. The van der Waals surface area contributed by atoms with E-state index in [0.717, 1.165) is 18.9 Å². The molecule has 4 nitrogen and oxygen atoms in total. The first-order valence-electron chi connectivity index (χ1n) is 6.25. The molecule has 0 amide bonds. The Hall–Kier alpha value is -1.91. The van der Waals surface area contributed by atoms with Crippen LogP contribution >= 0.6 is 0 Å². The van der Waals surface area contributed by atoms with Crippen molar-refractivity contribution in [2.24, 2.45) is 5.92 Å². The van der Waals surface area contributed by atoms with E-state index in [4.69, 9.17) is 4.74 Å². The van der Waals surface area contributed by atoms with Crippen LogP contribution in [0.1, 0.15) is 30.1 Å². The van der Waals surface area contributed by atoms with Crippen LogP contribution in [0, 0.1) is 11.7 Å². The number of hydrogen-bond acceptors (Lipinski definition) is 4. The van der Waals surface area contributed by atoms with Crippen molar-refractivity contribution in [3.05, 3.63) is 29.6 Å². The van der Waals surface area contributed by atoms with Crippen molar-refractivity contribution in [3.8, 4) is 5.75 Å². The van der Waals surface area contributed by atoms with Crippen LogP contribution < -0.4 is 4.74 Å². The summed E-state index contributed by atoms with van der Waals surface area (Å²) >= 11 is 0. The molecule has 1 fully saturated rings. The number of hydrogen-bond donors (Lipinski definition) is 0. The molecular weight excluding hydrogens is 251 g/mol. The fourth-order valence-corrected chi connectivity index (χ4v) is 1.57. The van der Waals surface area contributed by atoms with Gasteiger partial charge in [-0.3, -0.25) is 4.79 Å². The maximum atomic E-state index is 13.7. The molecule has 1 aromatic carbocycles. The summed E-state index contributed by atoms with van der Waals surface area (Å²) in [5.74, 6) is -1.86. The molecule has 102 valence electrons. The van der Waals surface area contributed by atoms with Crippen molar-refractivity contribution in [3.63, 3.8) is 0 Å². The van der Waals surface area contributed by atoms with Crippen LogP contribution in [-0.2, 0) is 9.53 Å². The Labute approximate surface area is 110 Å². The van der Waals surface area contributed by atoms with Gasteiger partial charge < -0.3 is 9.47 Å². The molecule has 0 aliphatic heterocycles. The number of Topliss-reactive ketones (excluding diaryl/α,β-unsaturated/α-hetero) is 1. The van der Waals surface area contributed by atoms with Crippen molar-refractivity contribution in [2.75, 3.05) is 13.2 Å². The van der Waals surface area contributed by atoms with Gasteiger partial charge in [0.2, 0.25) is 0 Å². The monoisotopic (exact) mass is 266 g/mol. The lowest BCUT2D eigenvalue weighted by Crippen LogP contribution is -2.17. The lowest BCUT2D eigenvalue weighted by Gasteiger charge is -2.07. The number of halogens is 1. The van der Waals surface area contributed by atoms with Crippen LogP contribution in [0.2, 0.25) is 0 Å². The zero-order chi connectivity index (χ0) is 13.8. The van der Waals surface area contributed by atoms with Crippen LogP contribution in [-0.4, -0.2) is 25.0 Å². The molecule has 0 aromatic heterocycles. The first kappa shape index (κ1) is 13.5. The van der Waals surface area contributed by atoms with E-state index in [9.17, 15) is 14.0 Å². The minimum Gasteiger partial charge on any atom is -0.490 e. The molecule has 5 heteroatoms. The average molecular weight is 266 g/mol. The van der Waals surface area contributed by atoms with Crippen LogP contribution in [0.25, 0.3) is 0 Å². The average Bonchev–Trinajstić information content (AvgIpc) is 3.20. The van der Waals surface area contributed by atoms with Gasteiger partial charge in [-0.05, 0) is 43.9 Å². The van der Waals surface area contributed by atoms with Gasteiger partial charge in [-0.15, -0.1) is 0 Å². The van der Waals surface area contributed by atoms with Crippen molar-refractivity contribution >= 4 is 11.8 Å². The Morgan fingerprint density at radius 3 is 2.68 bits per heavy atom. The van der Waals surface area contributed by atoms with Gasteiger partial charge in [-0.25, -0.2) is 9.18 Å². The Balaban J connectivity index is 2.04. The van der Waals surface area contributed by atoms with Crippen LogP contribution in [0.3, 0.4) is 0 Å². The van der Waals surface area contributed by atoms with Gasteiger partial charge in [0.25, 0.3) is 5.78 Å². The van der Waals surface area contributed by atoms with E-state index < -0.39 is 17.6 Å². The second-order valence-electron chi connectivity index (χ2n) is 4.45. The largest absolute Gasteiger partial charge is 0.490 e. The molecular formula is C14H15FO4. The maximum absolute atomic E-state index is 13.7. The zero-order valence-corrected chi connectivity index (χ0v) is 10.6. The SMILES string of the molecule is CCOC(=O)C(=O)c1ccc(OCC2CC2)c(F)c1. The molecule has 19 heavy (non-hydrogen) atoms.